The van der Waals surface area contributed by atoms with Crippen LogP contribution in [0.2, 0.25) is 0 Å². The van der Waals surface area contributed by atoms with Gasteiger partial charge in [-0.25, -0.2) is 8.78 Å². The third-order valence-corrected chi connectivity index (χ3v) is 3.49. The minimum absolute atomic E-state index is 0.0257. The van der Waals surface area contributed by atoms with E-state index in [4.69, 9.17) is 0 Å². The molecule has 1 heterocycles. The Labute approximate surface area is 90.8 Å². The van der Waals surface area contributed by atoms with Gasteiger partial charge in [-0.15, -0.1) is 0 Å². The molecule has 0 saturated heterocycles. The maximum absolute atomic E-state index is 13.3. The fourth-order valence-electron chi connectivity index (χ4n) is 1.74. The molecule has 1 aromatic rings. The van der Waals surface area contributed by atoms with Gasteiger partial charge in [-0.1, -0.05) is 9.95 Å². The van der Waals surface area contributed by atoms with E-state index in [2.05, 4.69) is 0 Å². The minimum Gasteiger partial charge on any atom is -0.204 e. The molecule has 16 heavy (non-hydrogen) atoms. The maximum atomic E-state index is 13.3. The van der Waals surface area contributed by atoms with Crippen LogP contribution in [0.25, 0.3) is 0 Å². The van der Waals surface area contributed by atoms with E-state index < -0.39 is 22.0 Å². The molecule has 0 bridgehead atoms. The third kappa shape index (κ3) is 1.92. The van der Waals surface area contributed by atoms with Crippen LogP contribution in [0.4, 0.5) is 12.7 Å². The predicted octanol–water partition coefficient (Wildman–Crippen LogP) is 1.54. The molecule has 0 aliphatic carbocycles. The molecule has 0 radical (unpaired) electrons. The van der Waals surface area contributed by atoms with Gasteiger partial charge in [-0.05, 0) is 23.6 Å². The van der Waals surface area contributed by atoms with Crippen LogP contribution < -0.4 is 0 Å². The second kappa shape index (κ2) is 3.74. The van der Waals surface area contributed by atoms with Crippen molar-refractivity contribution in [3.8, 4) is 0 Å². The zero-order valence-electron chi connectivity index (χ0n) is 8.08. The van der Waals surface area contributed by atoms with E-state index in [0.29, 0.717) is 9.87 Å². The minimum atomic E-state index is -4.77. The van der Waals surface area contributed by atoms with Crippen LogP contribution in [0, 0.1) is 11.6 Å². The summed E-state index contributed by atoms with van der Waals surface area (Å²) < 4.78 is 60.7. The molecule has 0 unspecified atom stereocenters. The van der Waals surface area contributed by atoms with Crippen molar-refractivity contribution in [1.29, 1.82) is 0 Å². The van der Waals surface area contributed by atoms with Gasteiger partial charge in [0.1, 0.15) is 0 Å². The number of halogens is 3. The number of benzene rings is 1. The summed E-state index contributed by atoms with van der Waals surface area (Å²) in [6, 6.07) is 2.17. The molecule has 0 fully saturated rings. The van der Waals surface area contributed by atoms with Crippen molar-refractivity contribution in [2.45, 2.75) is 13.0 Å². The Balaban J connectivity index is 2.40. The van der Waals surface area contributed by atoms with Gasteiger partial charge in [0.15, 0.2) is 11.6 Å². The van der Waals surface area contributed by atoms with Gasteiger partial charge in [-0.3, -0.25) is 0 Å². The first-order valence-corrected chi connectivity index (χ1v) is 5.89. The normalized spacial score (nSPS) is 17.2. The Bertz CT molecular complexity index is 530. The molecule has 0 amide bonds. The van der Waals surface area contributed by atoms with Gasteiger partial charge in [0.05, 0.1) is 0 Å². The molecule has 0 N–H and O–H groups in total. The molecule has 2 rings (SSSR count). The van der Waals surface area contributed by atoms with Gasteiger partial charge in [0.25, 0.3) is 0 Å². The summed E-state index contributed by atoms with van der Waals surface area (Å²) in [5.74, 6) is -1.95. The van der Waals surface area contributed by atoms with Crippen molar-refractivity contribution in [3.05, 3.63) is 34.9 Å². The van der Waals surface area contributed by atoms with Gasteiger partial charge >= 0.3 is 10.4 Å². The number of fused-ring (bicyclic) bond motifs is 1. The summed E-state index contributed by atoms with van der Waals surface area (Å²) >= 11 is 0. The fraction of sp³-hybridized carbons (Fsp3) is 0.333. The highest BCUT2D eigenvalue weighted by Gasteiger charge is 2.28. The molecular formula is C9H8F3NO2S. The Hall–Kier alpha value is -1.08. The molecule has 1 aliphatic heterocycles. The maximum Gasteiger partial charge on any atom is 0.375 e. The van der Waals surface area contributed by atoms with Crippen molar-refractivity contribution < 1.29 is 21.1 Å². The Morgan fingerprint density at radius 3 is 2.56 bits per heavy atom. The molecule has 0 saturated carbocycles. The van der Waals surface area contributed by atoms with Crippen molar-refractivity contribution in [1.82, 2.24) is 4.31 Å². The first-order valence-electron chi connectivity index (χ1n) is 4.55. The first-order chi connectivity index (χ1) is 7.39. The summed E-state index contributed by atoms with van der Waals surface area (Å²) in [5, 5.41) is 0. The lowest BCUT2D eigenvalue weighted by atomic mass is 10.0. The lowest BCUT2D eigenvalue weighted by Gasteiger charge is -2.24. The second-order valence-corrected chi connectivity index (χ2v) is 4.87. The largest absolute Gasteiger partial charge is 0.375 e. The highest BCUT2D eigenvalue weighted by Crippen LogP contribution is 2.25. The molecule has 1 aromatic carbocycles. The highest BCUT2D eigenvalue weighted by molar-refractivity contribution is 7.83. The predicted molar refractivity (Wildman–Crippen MR) is 50.5 cm³/mol. The van der Waals surface area contributed by atoms with Gasteiger partial charge in [-0.2, -0.15) is 12.7 Å². The summed E-state index contributed by atoms with van der Waals surface area (Å²) in [6.45, 7) is -0.433. The molecule has 1 aliphatic rings. The SMILES string of the molecule is O=S(=O)(F)N1CCc2c(ccc(F)c2F)C1. The quantitative estimate of drug-likeness (QED) is 0.710. The van der Waals surface area contributed by atoms with Crippen LogP contribution in [0.3, 0.4) is 0 Å². The van der Waals surface area contributed by atoms with Crippen LogP contribution in [0.15, 0.2) is 12.1 Å². The van der Waals surface area contributed by atoms with Crippen molar-refractivity contribution >= 4 is 10.4 Å². The van der Waals surface area contributed by atoms with E-state index in [0.717, 1.165) is 6.07 Å². The topological polar surface area (TPSA) is 37.4 Å². The van der Waals surface area contributed by atoms with Crippen LogP contribution in [0.5, 0.6) is 0 Å². The molecule has 0 atom stereocenters. The second-order valence-electron chi connectivity index (χ2n) is 3.52. The van der Waals surface area contributed by atoms with Gasteiger partial charge in [0, 0.05) is 13.1 Å². The number of hydrogen-bond donors (Lipinski definition) is 0. The van der Waals surface area contributed by atoms with E-state index in [9.17, 15) is 21.1 Å². The number of hydrogen-bond acceptors (Lipinski definition) is 2. The van der Waals surface area contributed by atoms with Crippen molar-refractivity contribution in [2.75, 3.05) is 6.54 Å². The van der Waals surface area contributed by atoms with Crippen LogP contribution >= 0.6 is 0 Å². The van der Waals surface area contributed by atoms with Crippen LogP contribution in [-0.4, -0.2) is 19.3 Å². The summed E-state index contributed by atoms with van der Waals surface area (Å²) in [4.78, 5) is 0. The Morgan fingerprint density at radius 2 is 1.94 bits per heavy atom. The highest BCUT2D eigenvalue weighted by atomic mass is 32.3. The van der Waals surface area contributed by atoms with Crippen molar-refractivity contribution in [3.63, 3.8) is 0 Å². The fourth-order valence-corrected chi connectivity index (χ4v) is 2.35. The molecule has 7 heteroatoms. The molecule has 0 spiro atoms. The summed E-state index contributed by atoms with van der Waals surface area (Å²) in [7, 11) is -4.77. The van der Waals surface area contributed by atoms with E-state index in [-0.39, 0.29) is 25.1 Å². The Morgan fingerprint density at radius 1 is 1.25 bits per heavy atom. The standard InChI is InChI=1S/C9H8F3NO2S/c10-8-2-1-6-5-13(16(12,14)15)4-3-7(6)9(8)11/h1-2H,3-5H2. The van der Waals surface area contributed by atoms with Gasteiger partial charge in [0.2, 0.25) is 0 Å². The van der Waals surface area contributed by atoms with E-state index >= 15 is 0 Å². The monoisotopic (exact) mass is 251 g/mol. The summed E-state index contributed by atoms with van der Waals surface area (Å²) in [6.07, 6.45) is -0.0257. The lowest BCUT2D eigenvalue weighted by molar-refractivity contribution is 0.358. The van der Waals surface area contributed by atoms with Gasteiger partial charge < -0.3 is 0 Å². The smallest absolute Gasteiger partial charge is 0.204 e. The third-order valence-electron chi connectivity index (χ3n) is 2.56. The van der Waals surface area contributed by atoms with Crippen LogP contribution in [0.1, 0.15) is 11.1 Å². The molecular weight excluding hydrogens is 243 g/mol. The van der Waals surface area contributed by atoms with E-state index in [1.807, 2.05) is 0 Å². The first kappa shape index (κ1) is 11.4. The zero-order valence-corrected chi connectivity index (χ0v) is 8.90. The average Bonchev–Trinajstić information content (AvgIpc) is 2.22. The number of rotatable bonds is 1. The van der Waals surface area contributed by atoms with Crippen molar-refractivity contribution in [2.24, 2.45) is 0 Å². The zero-order chi connectivity index (χ0) is 11.9. The average molecular weight is 251 g/mol. The molecule has 0 aromatic heterocycles. The summed E-state index contributed by atoms with van der Waals surface area (Å²) in [5.41, 5.74) is 0.422. The molecule has 88 valence electrons. The van der Waals surface area contributed by atoms with Crippen LogP contribution in [-0.2, 0) is 23.4 Å². The van der Waals surface area contributed by atoms with E-state index in [1.165, 1.54) is 6.07 Å². The Kier molecular flexibility index (Phi) is 2.67. The van der Waals surface area contributed by atoms with E-state index in [1.54, 1.807) is 0 Å². The lowest BCUT2D eigenvalue weighted by Crippen LogP contribution is -2.34. The number of nitrogens with zero attached hydrogens (tertiary/aromatic N) is 1. The molecule has 3 nitrogen and oxygen atoms in total.